The smallest absolute Gasteiger partial charge is 0.227 e. The maximum Gasteiger partial charge on any atom is 0.227 e. The number of ether oxygens (including phenoxy) is 2. The molecule has 1 aromatic carbocycles. The lowest BCUT2D eigenvalue weighted by Gasteiger charge is -2.24. The number of carbonyl (C=O) groups excluding carboxylic acids is 1. The van der Waals surface area contributed by atoms with Crippen LogP contribution in [0.1, 0.15) is 25.0 Å². The summed E-state index contributed by atoms with van der Waals surface area (Å²) in [7, 11) is 4.99. The van der Waals surface area contributed by atoms with Crippen LogP contribution in [0.2, 0.25) is 0 Å². The average molecular weight is 364 g/mol. The van der Waals surface area contributed by atoms with Crippen LogP contribution in [0.4, 0.5) is 0 Å². The number of methoxy groups -OCH3 is 1. The molecule has 0 aromatic heterocycles. The molecule has 0 aliphatic carbocycles. The fraction of sp³-hybridized carbons (Fsp3) is 0.579. The number of carbonyl (C=O) groups is 1. The molecule has 0 saturated heterocycles. The Morgan fingerprint density at radius 2 is 1.96 bits per heavy atom. The van der Waals surface area contributed by atoms with Crippen molar-refractivity contribution in [2.75, 3.05) is 41.0 Å². The molecule has 0 atom stereocenters. The van der Waals surface area contributed by atoms with Gasteiger partial charge in [-0.1, -0.05) is 12.1 Å². The van der Waals surface area contributed by atoms with Gasteiger partial charge >= 0.3 is 0 Å². The molecule has 3 N–H and O–H groups in total. The summed E-state index contributed by atoms with van der Waals surface area (Å²) >= 11 is 0. The van der Waals surface area contributed by atoms with Crippen LogP contribution in [0.25, 0.3) is 0 Å². The molecule has 0 bridgehead atoms. The van der Waals surface area contributed by atoms with Gasteiger partial charge in [-0.25, -0.2) is 0 Å². The maximum atomic E-state index is 11.9. The third-order valence-corrected chi connectivity index (χ3v) is 3.98. The van der Waals surface area contributed by atoms with E-state index in [4.69, 9.17) is 9.47 Å². The molecule has 0 radical (unpaired) electrons. The Morgan fingerprint density at radius 1 is 1.23 bits per heavy atom. The number of benzene rings is 1. The van der Waals surface area contributed by atoms with Gasteiger partial charge in [0.2, 0.25) is 5.91 Å². The largest absolute Gasteiger partial charge is 0.491 e. The third-order valence-electron chi connectivity index (χ3n) is 3.98. The van der Waals surface area contributed by atoms with Crippen LogP contribution in [-0.4, -0.2) is 52.8 Å². The Morgan fingerprint density at radius 3 is 2.58 bits per heavy atom. The molecule has 1 aromatic rings. The summed E-state index contributed by atoms with van der Waals surface area (Å²) in [6.45, 7) is 7.86. The van der Waals surface area contributed by atoms with Crippen LogP contribution in [0.15, 0.2) is 23.2 Å². The molecule has 1 rings (SSSR count). The van der Waals surface area contributed by atoms with E-state index in [9.17, 15) is 4.79 Å². The van der Waals surface area contributed by atoms with Crippen LogP contribution in [0, 0.1) is 12.3 Å². The van der Waals surface area contributed by atoms with E-state index in [0.29, 0.717) is 32.3 Å². The molecule has 0 aliphatic heterocycles. The van der Waals surface area contributed by atoms with E-state index in [1.807, 2.05) is 39.0 Å². The molecule has 0 saturated carbocycles. The number of nitrogens with one attached hydrogen (secondary N) is 3. The van der Waals surface area contributed by atoms with E-state index < -0.39 is 5.41 Å². The Balaban J connectivity index is 2.67. The normalized spacial score (nSPS) is 11.8. The van der Waals surface area contributed by atoms with Gasteiger partial charge in [0.25, 0.3) is 0 Å². The highest BCUT2D eigenvalue weighted by atomic mass is 16.5. The van der Waals surface area contributed by atoms with Gasteiger partial charge in [0.05, 0.1) is 12.0 Å². The standard InChI is InChI=1S/C19H32N4O3/c1-14-7-8-15(16(11-14)26-10-9-25-6)12-22-18(21-5)23-13-19(2,3)17(24)20-4/h7-8,11H,9-10,12-13H2,1-6H3,(H,20,24)(H2,21,22,23). The summed E-state index contributed by atoms with van der Waals surface area (Å²) in [4.78, 5) is 16.1. The van der Waals surface area contributed by atoms with Gasteiger partial charge in [-0.2, -0.15) is 0 Å². The first-order valence-corrected chi connectivity index (χ1v) is 8.72. The van der Waals surface area contributed by atoms with Gasteiger partial charge in [-0.05, 0) is 32.4 Å². The van der Waals surface area contributed by atoms with Crippen LogP contribution >= 0.6 is 0 Å². The van der Waals surface area contributed by atoms with Gasteiger partial charge in [0.15, 0.2) is 5.96 Å². The van der Waals surface area contributed by atoms with Crippen molar-refractivity contribution in [2.45, 2.75) is 27.3 Å². The van der Waals surface area contributed by atoms with E-state index in [2.05, 4.69) is 20.9 Å². The molecule has 1 amide bonds. The first kappa shape index (κ1) is 21.8. The second-order valence-corrected chi connectivity index (χ2v) is 6.69. The quantitative estimate of drug-likeness (QED) is 0.351. The fourth-order valence-corrected chi connectivity index (χ4v) is 2.30. The minimum absolute atomic E-state index is 0.0205. The highest BCUT2D eigenvalue weighted by molar-refractivity contribution is 5.84. The second-order valence-electron chi connectivity index (χ2n) is 6.69. The van der Waals surface area contributed by atoms with E-state index in [1.165, 1.54) is 0 Å². The number of aryl methyl sites for hydroxylation is 1. The van der Waals surface area contributed by atoms with Crippen LogP contribution in [0.5, 0.6) is 5.75 Å². The molecule has 7 nitrogen and oxygen atoms in total. The van der Waals surface area contributed by atoms with Gasteiger partial charge in [-0.3, -0.25) is 9.79 Å². The monoisotopic (exact) mass is 364 g/mol. The number of hydrogen-bond donors (Lipinski definition) is 3. The summed E-state index contributed by atoms with van der Waals surface area (Å²) < 4.78 is 10.8. The lowest BCUT2D eigenvalue weighted by Crippen LogP contribution is -2.47. The Hall–Kier alpha value is -2.28. The summed E-state index contributed by atoms with van der Waals surface area (Å²) in [5, 5.41) is 9.13. The highest BCUT2D eigenvalue weighted by Crippen LogP contribution is 2.20. The summed E-state index contributed by atoms with van der Waals surface area (Å²) in [5.74, 6) is 1.44. The first-order chi connectivity index (χ1) is 12.3. The zero-order valence-electron chi connectivity index (χ0n) is 16.7. The predicted molar refractivity (Wildman–Crippen MR) is 105 cm³/mol. The van der Waals surface area contributed by atoms with Crippen molar-refractivity contribution < 1.29 is 14.3 Å². The number of guanidine groups is 1. The van der Waals surface area contributed by atoms with Crippen molar-refractivity contribution in [1.82, 2.24) is 16.0 Å². The topological polar surface area (TPSA) is 84.0 Å². The number of amides is 1. The van der Waals surface area contributed by atoms with Crippen LogP contribution in [0.3, 0.4) is 0 Å². The molecule has 7 heteroatoms. The van der Waals surface area contributed by atoms with Crippen molar-refractivity contribution in [1.29, 1.82) is 0 Å². The average Bonchev–Trinajstić information content (AvgIpc) is 2.62. The van der Waals surface area contributed by atoms with Crippen LogP contribution < -0.4 is 20.7 Å². The lowest BCUT2D eigenvalue weighted by molar-refractivity contribution is -0.128. The molecular weight excluding hydrogens is 332 g/mol. The lowest BCUT2D eigenvalue weighted by atomic mass is 9.92. The van der Waals surface area contributed by atoms with Crippen molar-refractivity contribution in [3.8, 4) is 5.75 Å². The van der Waals surface area contributed by atoms with Crippen molar-refractivity contribution in [3.63, 3.8) is 0 Å². The van der Waals surface area contributed by atoms with Crippen molar-refractivity contribution in [3.05, 3.63) is 29.3 Å². The van der Waals surface area contributed by atoms with Crippen LogP contribution in [-0.2, 0) is 16.1 Å². The van der Waals surface area contributed by atoms with E-state index in [-0.39, 0.29) is 5.91 Å². The molecular formula is C19H32N4O3. The molecule has 0 heterocycles. The first-order valence-electron chi connectivity index (χ1n) is 8.72. The van der Waals surface area contributed by atoms with Gasteiger partial charge in [-0.15, -0.1) is 0 Å². The zero-order chi connectivity index (χ0) is 19.6. The highest BCUT2D eigenvalue weighted by Gasteiger charge is 2.26. The minimum atomic E-state index is -0.537. The molecule has 146 valence electrons. The zero-order valence-corrected chi connectivity index (χ0v) is 16.7. The maximum absolute atomic E-state index is 11.9. The van der Waals surface area contributed by atoms with Crippen molar-refractivity contribution in [2.24, 2.45) is 10.4 Å². The Labute approximate surface area is 156 Å². The molecule has 0 aliphatic rings. The van der Waals surface area contributed by atoms with Gasteiger partial charge in [0.1, 0.15) is 12.4 Å². The molecule has 26 heavy (non-hydrogen) atoms. The second kappa shape index (κ2) is 10.7. The SMILES string of the molecule is CN=C(NCc1ccc(C)cc1OCCOC)NCC(C)(C)C(=O)NC. The predicted octanol–water partition coefficient (Wildman–Crippen LogP) is 1.46. The fourth-order valence-electron chi connectivity index (χ4n) is 2.30. The van der Waals surface area contributed by atoms with Gasteiger partial charge < -0.3 is 25.4 Å². The van der Waals surface area contributed by atoms with E-state index >= 15 is 0 Å². The number of nitrogens with zero attached hydrogens (tertiary/aromatic N) is 1. The molecule has 0 spiro atoms. The van der Waals surface area contributed by atoms with Gasteiger partial charge in [0, 0.05) is 39.9 Å². The number of aliphatic imine (C=N–C) groups is 1. The Kier molecular flexibility index (Phi) is 8.92. The summed E-state index contributed by atoms with van der Waals surface area (Å²) in [6.07, 6.45) is 0. The summed E-state index contributed by atoms with van der Waals surface area (Å²) in [5.41, 5.74) is 1.63. The number of hydrogen-bond acceptors (Lipinski definition) is 4. The minimum Gasteiger partial charge on any atom is -0.491 e. The summed E-state index contributed by atoms with van der Waals surface area (Å²) in [6, 6.07) is 6.09. The van der Waals surface area contributed by atoms with Crippen molar-refractivity contribution >= 4 is 11.9 Å². The van der Waals surface area contributed by atoms with E-state index in [0.717, 1.165) is 16.9 Å². The molecule has 0 unspecified atom stereocenters. The third kappa shape index (κ3) is 6.92. The van der Waals surface area contributed by atoms with E-state index in [1.54, 1.807) is 21.2 Å². The Bertz CT molecular complexity index is 615. The number of rotatable bonds is 9. The molecule has 0 fully saturated rings.